The molecule has 3 rings (SSSR count). The van der Waals surface area contributed by atoms with Gasteiger partial charge in [0.05, 0.1) is 6.61 Å². The van der Waals surface area contributed by atoms with Crippen molar-refractivity contribution in [2.75, 3.05) is 19.7 Å². The SMILES string of the molecule is CCOC(=O)[C@@]1(C(F)(F)F)N=C(c2ccccc2C)OC(N2CCCCC2)=N1. The van der Waals surface area contributed by atoms with E-state index in [4.69, 9.17) is 9.47 Å². The van der Waals surface area contributed by atoms with E-state index in [1.807, 2.05) is 0 Å². The van der Waals surface area contributed by atoms with E-state index in [-0.39, 0.29) is 18.5 Å². The molecule has 1 aromatic carbocycles. The Bertz CT molecular complexity index is 801. The Hall–Kier alpha value is -2.58. The third kappa shape index (κ3) is 3.70. The van der Waals surface area contributed by atoms with Gasteiger partial charge in [-0.05, 0) is 44.7 Å². The van der Waals surface area contributed by atoms with Crippen molar-refractivity contribution in [3.63, 3.8) is 0 Å². The fourth-order valence-corrected chi connectivity index (χ4v) is 3.16. The van der Waals surface area contributed by atoms with Crippen LogP contribution in [-0.2, 0) is 14.3 Å². The molecule has 0 aromatic heterocycles. The fourth-order valence-electron chi connectivity index (χ4n) is 3.16. The van der Waals surface area contributed by atoms with E-state index in [9.17, 15) is 18.0 Å². The van der Waals surface area contributed by atoms with Crippen molar-refractivity contribution in [3.8, 4) is 0 Å². The summed E-state index contributed by atoms with van der Waals surface area (Å²) in [7, 11) is 0. The smallest absolute Gasteiger partial charge is 0.446 e. The number of hydrogen-bond acceptors (Lipinski definition) is 6. The summed E-state index contributed by atoms with van der Waals surface area (Å²) < 4.78 is 52.7. The monoisotopic (exact) mass is 397 g/mol. The quantitative estimate of drug-likeness (QED) is 0.733. The van der Waals surface area contributed by atoms with E-state index >= 15 is 0 Å². The van der Waals surface area contributed by atoms with Crippen molar-refractivity contribution in [2.45, 2.75) is 44.9 Å². The number of rotatable bonds is 3. The van der Waals surface area contributed by atoms with E-state index in [2.05, 4.69) is 9.98 Å². The minimum absolute atomic E-state index is 0.221. The van der Waals surface area contributed by atoms with Crippen LogP contribution >= 0.6 is 0 Å². The number of piperidine rings is 1. The predicted molar refractivity (Wildman–Crippen MR) is 97.1 cm³/mol. The number of benzene rings is 1. The molecule has 9 heteroatoms. The molecule has 1 saturated heterocycles. The summed E-state index contributed by atoms with van der Waals surface area (Å²) in [6.07, 6.45) is -2.50. The van der Waals surface area contributed by atoms with Gasteiger partial charge in [-0.15, -0.1) is 0 Å². The lowest BCUT2D eigenvalue weighted by atomic mass is 10.1. The molecule has 0 bridgehead atoms. The van der Waals surface area contributed by atoms with Crippen LogP contribution in [0.2, 0.25) is 0 Å². The molecule has 1 atom stereocenters. The molecule has 0 unspecified atom stereocenters. The first-order valence-electron chi connectivity index (χ1n) is 9.21. The second-order valence-corrected chi connectivity index (χ2v) is 6.67. The Kier molecular flexibility index (Phi) is 5.62. The summed E-state index contributed by atoms with van der Waals surface area (Å²) in [5.74, 6) is -1.86. The molecular formula is C19H22F3N3O3. The summed E-state index contributed by atoms with van der Waals surface area (Å²) in [5.41, 5.74) is -2.35. The number of carbonyl (C=O) groups excluding carboxylic acids is 1. The number of aryl methyl sites for hydroxylation is 1. The lowest BCUT2D eigenvalue weighted by Crippen LogP contribution is -2.55. The minimum Gasteiger partial charge on any atom is -0.462 e. The zero-order chi connectivity index (χ0) is 20.4. The molecule has 1 fully saturated rings. The van der Waals surface area contributed by atoms with Crippen LogP contribution in [0.15, 0.2) is 34.3 Å². The van der Waals surface area contributed by atoms with Crippen molar-refractivity contribution >= 4 is 17.9 Å². The van der Waals surface area contributed by atoms with Gasteiger partial charge in [0.25, 0.3) is 6.02 Å². The van der Waals surface area contributed by atoms with Crippen LogP contribution in [0.4, 0.5) is 13.2 Å². The highest BCUT2D eigenvalue weighted by molar-refractivity contribution is 6.06. The number of carbonyl (C=O) groups is 1. The molecule has 6 nitrogen and oxygen atoms in total. The maximum Gasteiger partial charge on any atom is 0.446 e. The van der Waals surface area contributed by atoms with Crippen LogP contribution in [-0.4, -0.2) is 54.3 Å². The number of halogens is 3. The fraction of sp³-hybridized carbons (Fsp3) is 0.526. The molecule has 2 aliphatic heterocycles. The minimum atomic E-state index is -5.09. The van der Waals surface area contributed by atoms with Crippen LogP contribution in [0.1, 0.15) is 37.3 Å². The Labute approximate surface area is 161 Å². The average Bonchev–Trinajstić information content (AvgIpc) is 2.68. The number of esters is 1. The van der Waals surface area contributed by atoms with Crippen LogP contribution in [0.3, 0.4) is 0 Å². The molecule has 2 aliphatic rings. The number of amidine groups is 1. The van der Waals surface area contributed by atoms with Crippen molar-refractivity contribution in [2.24, 2.45) is 9.98 Å². The summed E-state index contributed by atoms with van der Waals surface area (Å²) in [4.78, 5) is 21.4. The Morgan fingerprint density at radius 2 is 1.89 bits per heavy atom. The largest absolute Gasteiger partial charge is 0.462 e. The topological polar surface area (TPSA) is 63.5 Å². The molecule has 2 heterocycles. The van der Waals surface area contributed by atoms with Gasteiger partial charge in [-0.3, -0.25) is 0 Å². The van der Waals surface area contributed by atoms with Gasteiger partial charge < -0.3 is 14.4 Å². The predicted octanol–water partition coefficient (Wildman–Crippen LogP) is 3.44. The highest BCUT2D eigenvalue weighted by atomic mass is 19.4. The van der Waals surface area contributed by atoms with E-state index in [0.29, 0.717) is 24.2 Å². The van der Waals surface area contributed by atoms with Gasteiger partial charge in [0, 0.05) is 18.7 Å². The molecule has 0 amide bonds. The number of nitrogens with zero attached hydrogens (tertiary/aromatic N) is 3. The molecule has 152 valence electrons. The van der Waals surface area contributed by atoms with Crippen molar-refractivity contribution < 1.29 is 27.4 Å². The maximum atomic E-state index is 14.1. The summed E-state index contributed by atoms with van der Waals surface area (Å²) in [5, 5.41) is 0. The molecule has 0 aliphatic carbocycles. The van der Waals surface area contributed by atoms with E-state index in [1.165, 1.54) is 6.92 Å². The molecule has 0 radical (unpaired) electrons. The highest BCUT2D eigenvalue weighted by Crippen LogP contribution is 2.39. The number of hydrogen-bond donors (Lipinski definition) is 0. The maximum absolute atomic E-state index is 14.1. The van der Waals surface area contributed by atoms with Gasteiger partial charge in [0.15, 0.2) is 0 Å². The zero-order valence-corrected chi connectivity index (χ0v) is 15.8. The Balaban J connectivity index is 2.16. The lowest BCUT2D eigenvalue weighted by molar-refractivity contribution is -0.204. The average molecular weight is 397 g/mol. The van der Waals surface area contributed by atoms with Gasteiger partial charge in [0.1, 0.15) is 0 Å². The normalized spacial score (nSPS) is 22.8. The number of ether oxygens (including phenoxy) is 2. The molecule has 0 spiro atoms. The van der Waals surface area contributed by atoms with Gasteiger partial charge in [0.2, 0.25) is 5.90 Å². The van der Waals surface area contributed by atoms with Crippen molar-refractivity contribution in [1.29, 1.82) is 0 Å². The first-order valence-corrected chi connectivity index (χ1v) is 9.21. The third-order valence-electron chi connectivity index (χ3n) is 4.67. The third-order valence-corrected chi connectivity index (χ3v) is 4.67. The van der Waals surface area contributed by atoms with E-state index in [0.717, 1.165) is 19.3 Å². The second-order valence-electron chi connectivity index (χ2n) is 6.67. The molecule has 0 saturated carbocycles. The van der Waals surface area contributed by atoms with Crippen LogP contribution < -0.4 is 0 Å². The van der Waals surface area contributed by atoms with Gasteiger partial charge in [-0.2, -0.15) is 23.2 Å². The van der Waals surface area contributed by atoms with Crippen molar-refractivity contribution in [3.05, 3.63) is 35.4 Å². The van der Waals surface area contributed by atoms with Gasteiger partial charge >= 0.3 is 17.8 Å². The summed E-state index contributed by atoms with van der Waals surface area (Å²) in [6, 6.07) is 6.50. The molecule has 0 N–H and O–H groups in total. The lowest BCUT2D eigenvalue weighted by Gasteiger charge is -2.35. The first kappa shape index (κ1) is 20.2. The molecule has 28 heavy (non-hydrogen) atoms. The van der Waals surface area contributed by atoms with E-state index < -0.39 is 17.8 Å². The zero-order valence-electron chi connectivity index (χ0n) is 15.8. The molecule has 1 aromatic rings. The Morgan fingerprint density at radius 3 is 2.50 bits per heavy atom. The van der Waals surface area contributed by atoms with E-state index in [1.54, 1.807) is 36.1 Å². The second kappa shape index (κ2) is 7.81. The number of likely N-dealkylation sites (tertiary alicyclic amines) is 1. The van der Waals surface area contributed by atoms with Crippen LogP contribution in [0.25, 0.3) is 0 Å². The standard InChI is InChI=1S/C19H22F3N3O3/c1-3-27-16(26)18(19(20,21)22)23-15(14-10-6-5-9-13(14)2)28-17(24-18)25-11-7-4-8-12-25/h5-6,9-10H,3-4,7-8,11-12H2,1-2H3/t18-/m1/s1. The molecular weight excluding hydrogens is 375 g/mol. The van der Waals surface area contributed by atoms with Gasteiger partial charge in [-0.25, -0.2) is 4.79 Å². The van der Waals surface area contributed by atoms with Crippen LogP contribution in [0, 0.1) is 6.92 Å². The number of aliphatic imine (C=N–C) groups is 2. The number of alkyl halides is 3. The summed E-state index contributed by atoms with van der Waals surface area (Å²) >= 11 is 0. The van der Waals surface area contributed by atoms with Gasteiger partial charge in [-0.1, -0.05) is 18.2 Å². The van der Waals surface area contributed by atoms with Crippen LogP contribution in [0.5, 0.6) is 0 Å². The summed E-state index contributed by atoms with van der Waals surface area (Å²) in [6.45, 7) is 3.93. The highest BCUT2D eigenvalue weighted by Gasteiger charge is 2.65. The first-order chi connectivity index (χ1) is 13.3. The van der Waals surface area contributed by atoms with Crippen molar-refractivity contribution in [1.82, 2.24) is 4.90 Å². The Morgan fingerprint density at radius 1 is 1.21 bits per heavy atom.